The van der Waals surface area contributed by atoms with Crippen LogP contribution in [0.4, 0.5) is 4.39 Å². The Hall–Kier alpha value is -2.40. The van der Waals surface area contributed by atoms with Gasteiger partial charge in [0, 0.05) is 17.8 Å². The number of H-pyrrole nitrogens is 1. The molecule has 0 spiro atoms. The molecule has 1 aliphatic heterocycles. The van der Waals surface area contributed by atoms with Gasteiger partial charge in [0.1, 0.15) is 11.6 Å². The number of rotatable bonds is 3. The maximum absolute atomic E-state index is 11.9. The topological polar surface area (TPSA) is 41.1 Å². The summed E-state index contributed by atoms with van der Waals surface area (Å²) in [5.74, 6) is 1.42. The van der Waals surface area contributed by atoms with Crippen molar-refractivity contribution in [2.75, 3.05) is 26.7 Å². The van der Waals surface area contributed by atoms with E-state index in [9.17, 15) is 4.39 Å². The summed E-state index contributed by atoms with van der Waals surface area (Å²) < 4.78 is 17.8. The minimum absolute atomic E-state index is 0.178. The molecule has 0 radical (unpaired) electrons. The zero-order valence-corrected chi connectivity index (χ0v) is 14.5. The van der Waals surface area contributed by atoms with Gasteiger partial charge in [-0.2, -0.15) is 5.10 Å². The highest BCUT2D eigenvalue weighted by atomic mass is 19.1. The number of halogens is 1. The van der Waals surface area contributed by atoms with Gasteiger partial charge < -0.3 is 9.64 Å². The zero-order chi connectivity index (χ0) is 17.5. The van der Waals surface area contributed by atoms with E-state index in [0.29, 0.717) is 5.92 Å². The number of likely N-dealkylation sites (tertiary alicyclic amines) is 1. The molecular weight excluding hydrogens is 317 g/mol. The highest BCUT2D eigenvalue weighted by molar-refractivity contribution is 5.79. The number of hydrogen-bond donors (Lipinski definition) is 1. The first kappa shape index (κ1) is 17.4. The second-order valence-electron chi connectivity index (χ2n) is 6.50. The van der Waals surface area contributed by atoms with Crippen molar-refractivity contribution in [2.24, 2.45) is 5.92 Å². The number of aromatic nitrogens is 2. The Kier molecular flexibility index (Phi) is 6.01. The molecule has 5 heteroatoms. The number of benzene rings is 2. The van der Waals surface area contributed by atoms with Gasteiger partial charge in [-0.3, -0.25) is 5.10 Å². The smallest absolute Gasteiger partial charge is 0.123 e. The van der Waals surface area contributed by atoms with Gasteiger partial charge >= 0.3 is 0 Å². The SMILES string of the molecule is CN1CCCC(COc2ccc3[nH]ncc3c2)C1.Fc1ccccc1. The normalized spacial score (nSPS) is 17.8. The summed E-state index contributed by atoms with van der Waals surface area (Å²) in [6, 6.07) is 14.0. The summed E-state index contributed by atoms with van der Waals surface area (Å²) in [5, 5.41) is 8.07. The van der Waals surface area contributed by atoms with Crippen LogP contribution in [0.25, 0.3) is 10.9 Å². The average molecular weight is 341 g/mol. The second-order valence-corrected chi connectivity index (χ2v) is 6.50. The van der Waals surface area contributed by atoms with E-state index in [1.165, 1.54) is 31.5 Å². The van der Waals surface area contributed by atoms with E-state index in [1.54, 1.807) is 18.2 Å². The van der Waals surface area contributed by atoms with E-state index in [2.05, 4.69) is 22.1 Å². The summed E-state index contributed by atoms with van der Waals surface area (Å²) in [7, 11) is 2.18. The number of fused-ring (bicyclic) bond motifs is 1. The first-order valence-electron chi connectivity index (χ1n) is 8.66. The minimum atomic E-state index is -0.178. The molecule has 1 N–H and O–H groups in total. The fourth-order valence-corrected chi connectivity index (χ4v) is 3.05. The quantitative estimate of drug-likeness (QED) is 0.779. The summed E-state index contributed by atoms with van der Waals surface area (Å²) in [6.07, 6.45) is 4.39. The second kappa shape index (κ2) is 8.62. The standard InChI is InChI=1S/C14H19N3O.C6H5F/c1-17-6-2-3-11(9-17)10-18-13-4-5-14-12(7-13)8-15-16-14;7-6-4-2-1-3-5-6/h4-5,7-8,11H,2-3,6,9-10H2,1H3,(H,15,16);1-5H. The Morgan fingerprint density at radius 3 is 2.80 bits per heavy atom. The van der Waals surface area contributed by atoms with Crippen molar-refractivity contribution in [3.8, 4) is 5.75 Å². The molecule has 0 amide bonds. The summed E-state index contributed by atoms with van der Waals surface area (Å²) >= 11 is 0. The van der Waals surface area contributed by atoms with E-state index in [4.69, 9.17) is 4.74 Å². The zero-order valence-electron chi connectivity index (χ0n) is 14.5. The lowest BCUT2D eigenvalue weighted by Crippen LogP contribution is -2.34. The molecule has 25 heavy (non-hydrogen) atoms. The van der Waals surface area contributed by atoms with Gasteiger partial charge in [-0.05, 0) is 56.8 Å². The van der Waals surface area contributed by atoms with Gasteiger partial charge in [-0.15, -0.1) is 0 Å². The highest BCUT2D eigenvalue weighted by Gasteiger charge is 2.17. The van der Waals surface area contributed by atoms with Gasteiger partial charge in [0.15, 0.2) is 0 Å². The monoisotopic (exact) mass is 341 g/mol. The Balaban J connectivity index is 0.000000219. The molecule has 0 aliphatic carbocycles. The Labute approximate surface area is 147 Å². The predicted molar refractivity (Wildman–Crippen MR) is 98.2 cm³/mol. The van der Waals surface area contributed by atoms with Crippen LogP contribution in [0, 0.1) is 11.7 Å². The molecule has 4 rings (SSSR count). The van der Waals surface area contributed by atoms with E-state index < -0.39 is 0 Å². The minimum Gasteiger partial charge on any atom is -0.493 e. The molecule has 4 nitrogen and oxygen atoms in total. The molecule has 1 unspecified atom stereocenters. The fourth-order valence-electron chi connectivity index (χ4n) is 3.05. The van der Waals surface area contributed by atoms with Crippen molar-refractivity contribution < 1.29 is 9.13 Å². The van der Waals surface area contributed by atoms with Crippen molar-refractivity contribution in [3.05, 3.63) is 60.5 Å². The third-order valence-corrected chi connectivity index (χ3v) is 4.35. The van der Waals surface area contributed by atoms with Crippen LogP contribution < -0.4 is 4.74 Å². The molecule has 1 aliphatic rings. The van der Waals surface area contributed by atoms with Crippen molar-refractivity contribution in [1.82, 2.24) is 15.1 Å². The van der Waals surface area contributed by atoms with Crippen LogP contribution in [0.3, 0.4) is 0 Å². The van der Waals surface area contributed by atoms with Gasteiger partial charge in [-0.25, -0.2) is 4.39 Å². The number of ether oxygens (including phenoxy) is 1. The van der Waals surface area contributed by atoms with E-state index >= 15 is 0 Å². The molecule has 3 aromatic rings. The van der Waals surface area contributed by atoms with Crippen LogP contribution in [0.5, 0.6) is 5.75 Å². The molecule has 0 saturated carbocycles. The van der Waals surface area contributed by atoms with Crippen LogP contribution >= 0.6 is 0 Å². The lowest BCUT2D eigenvalue weighted by atomic mass is 10.00. The van der Waals surface area contributed by atoms with Crippen molar-refractivity contribution >= 4 is 10.9 Å². The van der Waals surface area contributed by atoms with Crippen LogP contribution in [-0.4, -0.2) is 41.8 Å². The third kappa shape index (κ3) is 5.29. The summed E-state index contributed by atoms with van der Waals surface area (Å²) in [5.41, 5.74) is 1.06. The van der Waals surface area contributed by atoms with Crippen molar-refractivity contribution in [3.63, 3.8) is 0 Å². The van der Waals surface area contributed by atoms with Gasteiger partial charge in [0.25, 0.3) is 0 Å². The van der Waals surface area contributed by atoms with Crippen molar-refractivity contribution in [1.29, 1.82) is 0 Å². The third-order valence-electron chi connectivity index (χ3n) is 4.35. The Morgan fingerprint density at radius 2 is 2.08 bits per heavy atom. The first-order chi connectivity index (χ1) is 12.2. The lowest BCUT2D eigenvalue weighted by molar-refractivity contribution is 0.150. The van der Waals surface area contributed by atoms with Gasteiger partial charge in [0.2, 0.25) is 0 Å². The predicted octanol–water partition coefficient (Wildman–Crippen LogP) is 4.11. The molecule has 132 valence electrons. The van der Waals surface area contributed by atoms with Crippen LogP contribution in [0.2, 0.25) is 0 Å². The number of nitrogens with one attached hydrogen (secondary N) is 1. The Morgan fingerprint density at radius 1 is 1.24 bits per heavy atom. The van der Waals surface area contributed by atoms with E-state index in [-0.39, 0.29) is 5.82 Å². The summed E-state index contributed by atoms with van der Waals surface area (Å²) in [6.45, 7) is 3.18. The van der Waals surface area contributed by atoms with E-state index in [0.717, 1.165) is 29.8 Å². The number of hydrogen-bond acceptors (Lipinski definition) is 3. The molecular formula is C20H24FN3O. The maximum atomic E-state index is 11.9. The molecule has 1 aromatic heterocycles. The van der Waals surface area contributed by atoms with Gasteiger partial charge in [-0.1, -0.05) is 18.2 Å². The van der Waals surface area contributed by atoms with Crippen molar-refractivity contribution in [2.45, 2.75) is 12.8 Å². The fraction of sp³-hybridized carbons (Fsp3) is 0.350. The maximum Gasteiger partial charge on any atom is 0.123 e. The molecule has 1 atom stereocenters. The van der Waals surface area contributed by atoms with Gasteiger partial charge in [0.05, 0.1) is 18.3 Å². The lowest BCUT2D eigenvalue weighted by Gasteiger charge is -2.29. The van der Waals surface area contributed by atoms with Crippen LogP contribution in [-0.2, 0) is 0 Å². The highest BCUT2D eigenvalue weighted by Crippen LogP contribution is 2.21. The summed E-state index contributed by atoms with van der Waals surface area (Å²) in [4.78, 5) is 2.39. The average Bonchev–Trinajstić information content (AvgIpc) is 3.09. The molecule has 2 heterocycles. The Bertz CT molecular complexity index is 775. The van der Waals surface area contributed by atoms with Crippen LogP contribution in [0.15, 0.2) is 54.7 Å². The first-order valence-corrected chi connectivity index (χ1v) is 8.66. The number of aromatic amines is 1. The molecule has 1 saturated heterocycles. The van der Waals surface area contributed by atoms with E-state index in [1.807, 2.05) is 24.4 Å². The largest absolute Gasteiger partial charge is 0.493 e. The van der Waals surface area contributed by atoms with Crippen LogP contribution in [0.1, 0.15) is 12.8 Å². The number of nitrogens with zero attached hydrogens (tertiary/aromatic N) is 2. The molecule has 0 bridgehead atoms. The molecule has 1 fully saturated rings. The molecule has 2 aromatic carbocycles. The number of piperidine rings is 1.